The number of ether oxygens (including phenoxy) is 1. The Hall–Kier alpha value is -4.40. The molecule has 2 heterocycles. The Labute approximate surface area is 209 Å². The van der Waals surface area contributed by atoms with E-state index in [9.17, 15) is 14.4 Å². The number of benzene rings is 2. The zero-order valence-corrected chi connectivity index (χ0v) is 20.0. The van der Waals surface area contributed by atoms with E-state index in [0.717, 1.165) is 22.6 Å². The molecule has 9 heteroatoms. The summed E-state index contributed by atoms with van der Waals surface area (Å²) in [6, 6.07) is 20.2. The number of hydrogen-bond donors (Lipinski definition) is 2. The van der Waals surface area contributed by atoms with Crippen molar-refractivity contribution in [2.24, 2.45) is 5.10 Å². The zero-order chi connectivity index (χ0) is 25.3. The minimum atomic E-state index is -0.352. The van der Waals surface area contributed by atoms with Crippen LogP contribution in [0.5, 0.6) is 5.75 Å². The Morgan fingerprint density at radius 3 is 2.42 bits per heavy atom. The Bertz CT molecular complexity index is 1210. The van der Waals surface area contributed by atoms with Gasteiger partial charge in [0.2, 0.25) is 11.8 Å². The highest BCUT2D eigenvalue weighted by Crippen LogP contribution is 2.34. The molecule has 0 saturated carbocycles. The minimum absolute atomic E-state index is 0.0167. The standard InChI is InChI=1S/C27H28N4O5/c1-35-21-11-9-20(10-12-21)23-18-22(19-6-3-2-4-7-19)30-31(23)26(33)14-13-25(32)28-15-16-29-27(34)24-8-5-17-36-24/h2-12,17,23H,13-16,18H2,1H3,(H,28,32)(H,29,34)/t23-/m1/s1. The van der Waals surface area contributed by atoms with Crippen LogP contribution in [0.25, 0.3) is 0 Å². The normalized spacial score (nSPS) is 14.8. The van der Waals surface area contributed by atoms with Crippen molar-refractivity contribution < 1.29 is 23.5 Å². The maximum atomic E-state index is 13.1. The fourth-order valence-corrected chi connectivity index (χ4v) is 3.93. The van der Waals surface area contributed by atoms with Gasteiger partial charge in [-0.25, -0.2) is 5.01 Å². The van der Waals surface area contributed by atoms with Crippen molar-refractivity contribution in [1.29, 1.82) is 0 Å². The van der Waals surface area contributed by atoms with Crippen LogP contribution in [0.2, 0.25) is 0 Å². The molecule has 0 bridgehead atoms. The predicted octanol–water partition coefficient (Wildman–Crippen LogP) is 3.29. The number of hydrazone groups is 1. The number of amides is 3. The summed E-state index contributed by atoms with van der Waals surface area (Å²) in [5.41, 5.74) is 2.72. The van der Waals surface area contributed by atoms with E-state index in [4.69, 9.17) is 9.15 Å². The topological polar surface area (TPSA) is 113 Å². The first-order valence-corrected chi connectivity index (χ1v) is 11.7. The summed E-state index contributed by atoms with van der Waals surface area (Å²) in [6.07, 6.45) is 2.03. The molecular weight excluding hydrogens is 460 g/mol. The summed E-state index contributed by atoms with van der Waals surface area (Å²) >= 11 is 0. The molecule has 9 nitrogen and oxygen atoms in total. The fourth-order valence-electron chi connectivity index (χ4n) is 3.93. The summed E-state index contributed by atoms with van der Waals surface area (Å²) in [4.78, 5) is 37.2. The summed E-state index contributed by atoms with van der Waals surface area (Å²) < 4.78 is 10.3. The molecule has 0 spiro atoms. The third kappa shape index (κ3) is 6.18. The maximum Gasteiger partial charge on any atom is 0.287 e. The van der Waals surface area contributed by atoms with Gasteiger partial charge in [0.1, 0.15) is 5.75 Å². The maximum absolute atomic E-state index is 13.1. The number of hydrogen-bond acceptors (Lipinski definition) is 6. The first kappa shape index (κ1) is 24.7. The van der Waals surface area contributed by atoms with Gasteiger partial charge in [-0.05, 0) is 35.4 Å². The molecule has 0 radical (unpaired) electrons. The third-order valence-electron chi connectivity index (χ3n) is 5.82. The predicted molar refractivity (Wildman–Crippen MR) is 133 cm³/mol. The Kier molecular flexibility index (Phi) is 8.12. The molecule has 1 aromatic heterocycles. The van der Waals surface area contributed by atoms with Crippen molar-refractivity contribution in [2.45, 2.75) is 25.3 Å². The molecule has 4 rings (SSSR count). The molecule has 0 aliphatic carbocycles. The molecule has 3 aromatic rings. The molecule has 0 saturated heterocycles. The molecule has 3 amide bonds. The van der Waals surface area contributed by atoms with Crippen LogP contribution in [0.4, 0.5) is 0 Å². The second kappa shape index (κ2) is 11.8. The molecule has 0 unspecified atom stereocenters. The van der Waals surface area contributed by atoms with Crippen molar-refractivity contribution in [3.05, 3.63) is 89.9 Å². The van der Waals surface area contributed by atoms with E-state index in [2.05, 4.69) is 15.7 Å². The molecule has 2 N–H and O–H groups in total. The molecule has 36 heavy (non-hydrogen) atoms. The van der Waals surface area contributed by atoms with Crippen molar-refractivity contribution in [2.75, 3.05) is 20.2 Å². The van der Waals surface area contributed by atoms with Gasteiger partial charge in [-0.3, -0.25) is 14.4 Å². The number of furan rings is 1. The lowest BCUT2D eigenvalue weighted by Gasteiger charge is -2.22. The Balaban J connectivity index is 1.33. The lowest BCUT2D eigenvalue weighted by molar-refractivity contribution is -0.135. The average Bonchev–Trinajstić information content (AvgIpc) is 3.61. The SMILES string of the molecule is COc1ccc([C@H]2CC(c3ccccc3)=NN2C(=O)CCC(=O)NCCNC(=O)c2ccco2)cc1. The van der Waals surface area contributed by atoms with Crippen LogP contribution >= 0.6 is 0 Å². The van der Waals surface area contributed by atoms with E-state index in [-0.39, 0.29) is 55.5 Å². The number of methoxy groups -OCH3 is 1. The van der Waals surface area contributed by atoms with E-state index in [0.29, 0.717) is 6.42 Å². The average molecular weight is 489 g/mol. The van der Waals surface area contributed by atoms with E-state index in [1.165, 1.54) is 11.3 Å². The van der Waals surface area contributed by atoms with E-state index in [1.54, 1.807) is 19.2 Å². The molecule has 1 aliphatic heterocycles. The van der Waals surface area contributed by atoms with Crippen molar-refractivity contribution in [3.63, 3.8) is 0 Å². The van der Waals surface area contributed by atoms with Crippen LogP contribution in [0, 0.1) is 0 Å². The van der Waals surface area contributed by atoms with Gasteiger partial charge >= 0.3 is 0 Å². The van der Waals surface area contributed by atoms with Gasteiger partial charge in [-0.1, -0.05) is 42.5 Å². The van der Waals surface area contributed by atoms with Crippen molar-refractivity contribution in [3.8, 4) is 5.75 Å². The Morgan fingerprint density at radius 2 is 1.72 bits per heavy atom. The van der Waals surface area contributed by atoms with Gasteiger partial charge in [0.05, 0.1) is 25.1 Å². The van der Waals surface area contributed by atoms with Crippen LogP contribution in [-0.4, -0.2) is 48.6 Å². The quantitative estimate of drug-likeness (QED) is 0.425. The minimum Gasteiger partial charge on any atom is -0.497 e. The molecule has 0 fully saturated rings. The second-order valence-corrected chi connectivity index (χ2v) is 8.23. The highest BCUT2D eigenvalue weighted by Gasteiger charge is 2.33. The highest BCUT2D eigenvalue weighted by atomic mass is 16.5. The monoisotopic (exact) mass is 488 g/mol. The fraction of sp³-hybridized carbons (Fsp3) is 0.259. The molecule has 186 valence electrons. The van der Waals surface area contributed by atoms with E-state index >= 15 is 0 Å². The molecular formula is C27H28N4O5. The van der Waals surface area contributed by atoms with Gasteiger partial charge in [-0.15, -0.1) is 0 Å². The van der Waals surface area contributed by atoms with Crippen LogP contribution in [-0.2, 0) is 9.59 Å². The number of carbonyl (C=O) groups is 3. The lowest BCUT2D eigenvalue weighted by Crippen LogP contribution is -2.35. The van der Waals surface area contributed by atoms with E-state index in [1.807, 2.05) is 54.6 Å². The van der Waals surface area contributed by atoms with E-state index < -0.39 is 0 Å². The second-order valence-electron chi connectivity index (χ2n) is 8.23. The summed E-state index contributed by atoms with van der Waals surface area (Å²) in [5, 5.41) is 11.5. The largest absolute Gasteiger partial charge is 0.497 e. The van der Waals surface area contributed by atoms with Crippen molar-refractivity contribution >= 4 is 23.4 Å². The number of rotatable bonds is 10. The zero-order valence-electron chi connectivity index (χ0n) is 20.0. The van der Waals surface area contributed by atoms with Gasteiger partial charge < -0.3 is 19.8 Å². The summed E-state index contributed by atoms with van der Waals surface area (Å²) in [7, 11) is 1.61. The molecule has 2 aromatic carbocycles. The van der Waals surface area contributed by atoms with Crippen LogP contribution in [0.1, 0.15) is 47.0 Å². The van der Waals surface area contributed by atoms with Gasteiger partial charge in [-0.2, -0.15) is 5.10 Å². The van der Waals surface area contributed by atoms with Crippen LogP contribution < -0.4 is 15.4 Å². The summed E-state index contributed by atoms with van der Waals surface area (Å²) in [6.45, 7) is 0.490. The van der Waals surface area contributed by atoms with Crippen LogP contribution in [0.15, 0.2) is 82.5 Å². The number of nitrogens with zero attached hydrogens (tertiary/aromatic N) is 2. The molecule has 1 atom stereocenters. The number of nitrogens with one attached hydrogen (secondary N) is 2. The highest BCUT2D eigenvalue weighted by molar-refractivity contribution is 6.03. The van der Waals surface area contributed by atoms with Crippen molar-refractivity contribution in [1.82, 2.24) is 15.6 Å². The lowest BCUT2D eigenvalue weighted by atomic mass is 9.98. The van der Waals surface area contributed by atoms with Gasteiger partial charge in [0.25, 0.3) is 5.91 Å². The smallest absolute Gasteiger partial charge is 0.287 e. The Morgan fingerprint density at radius 1 is 0.972 bits per heavy atom. The van der Waals surface area contributed by atoms with Gasteiger partial charge in [0.15, 0.2) is 5.76 Å². The first-order valence-electron chi connectivity index (χ1n) is 11.7. The third-order valence-corrected chi connectivity index (χ3v) is 5.82. The van der Waals surface area contributed by atoms with Gasteiger partial charge in [0, 0.05) is 32.4 Å². The molecule has 1 aliphatic rings. The summed E-state index contributed by atoms with van der Waals surface area (Å²) in [5.74, 6) is 0.0800. The first-order chi connectivity index (χ1) is 17.5. The number of carbonyl (C=O) groups excluding carboxylic acids is 3. The van der Waals surface area contributed by atoms with Crippen LogP contribution in [0.3, 0.4) is 0 Å².